The van der Waals surface area contributed by atoms with Gasteiger partial charge in [-0.3, -0.25) is 0 Å². The van der Waals surface area contributed by atoms with Crippen LogP contribution in [0.3, 0.4) is 0 Å². The fraction of sp³-hybridized carbons (Fsp3) is 0.500. The van der Waals surface area contributed by atoms with Crippen molar-refractivity contribution in [3.8, 4) is 0 Å². The minimum atomic E-state index is -0.974. The molecule has 0 aliphatic heterocycles. The number of aliphatic hydroxyl groups is 1. The highest BCUT2D eigenvalue weighted by molar-refractivity contribution is 5.33. The summed E-state index contributed by atoms with van der Waals surface area (Å²) in [5.41, 5.74) is 6.92. The van der Waals surface area contributed by atoms with Gasteiger partial charge in [-0.2, -0.15) is 0 Å². The second-order valence-corrected chi connectivity index (χ2v) is 5.11. The fourth-order valence-corrected chi connectivity index (χ4v) is 2.72. The molecule has 0 aromatic heterocycles. The first-order chi connectivity index (χ1) is 8.77. The largest absolute Gasteiger partial charge is 0.379 e. The zero-order valence-electron chi connectivity index (χ0n) is 10.9. The van der Waals surface area contributed by atoms with Crippen molar-refractivity contribution in [2.45, 2.75) is 44.1 Å². The summed E-state index contributed by atoms with van der Waals surface area (Å²) in [6.07, 6.45) is 9.16. The fourth-order valence-electron chi connectivity index (χ4n) is 2.72. The molecule has 0 spiro atoms. The molecule has 0 radical (unpaired) electrons. The molecule has 0 fully saturated rings. The smallest absolute Gasteiger partial charge is 0.123 e. The van der Waals surface area contributed by atoms with Crippen LogP contribution in [-0.4, -0.2) is 11.7 Å². The third kappa shape index (κ3) is 2.82. The Bertz CT molecular complexity index is 399. The van der Waals surface area contributed by atoms with E-state index in [9.17, 15) is 5.11 Å². The second-order valence-electron chi connectivity index (χ2n) is 5.11. The Labute approximate surface area is 110 Å². The van der Waals surface area contributed by atoms with Gasteiger partial charge in [0.1, 0.15) is 5.60 Å². The van der Waals surface area contributed by atoms with Crippen LogP contribution in [0.25, 0.3) is 0 Å². The Kier molecular flexibility index (Phi) is 4.56. The van der Waals surface area contributed by atoms with Gasteiger partial charge in [-0.05, 0) is 36.8 Å². The number of hydrogen-bond acceptors (Lipinski definition) is 2. The molecule has 18 heavy (non-hydrogen) atoms. The van der Waals surface area contributed by atoms with Crippen molar-refractivity contribution in [3.05, 3.63) is 47.5 Å². The van der Waals surface area contributed by atoms with Crippen LogP contribution >= 0.6 is 0 Å². The van der Waals surface area contributed by atoms with Crippen molar-refractivity contribution in [2.24, 2.45) is 5.73 Å². The Morgan fingerprint density at radius 1 is 1.06 bits per heavy atom. The minimum absolute atomic E-state index is 0.253. The molecule has 0 saturated heterocycles. The van der Waals surface area contributed by atoms with Gasteiger partial charge in [-0.25, -0.2) is 0 Å². The van der Waals surface area contributed by atoms with Crippen molar-refractivity contribution in [2.75, 3.05) is 6.54 Å². The van der Waals surface area contributed by atoms with E-state index in [0.717, 1.165) is 30.4 Å². The quantitative estimate of drug-likeness (QED) is 0.804. The molecule has 98 valence electrons. The monoisotopic (exact) mass is 245 g/mol. The lowest BCUT2D eigenvalue weighted by molar-refractivity contribution is 0.0805. The van der Waals surface area contributed by atoms with Gasteiger partial charge in [0.25, 0.3) is 0 Å². The number of allylic oxidation sites excluding steroid dienone is 1. The van der Waals surface area contributed by atoms with Crippen LogP contribution in [0.4, 0.5) is 0 Å². The van der Waals surface area contributed by atoms with Crippen molar-refractivity contribution in [3.63, 3.8) is 0 Å². The lowest BCUT2D eigenvalue weighted by Gasteiger charge is -2.31. The topological polar surface area (TPSA) is 46.2 Å². The third-order valence-electron chi connectivity index (χ3n) is 3.87. The molecule has 0 amide bonds. The lowest BCUT2D eigenvalue weighted by Crippen LogP contribution is -2.37. The average molecular weight is 245 g/mol. The molecule has 1 atom stereocenters. The van der Waals surface area contributed by atoms with Crippen LogP contribution in [0, 0.1) is 0 Å². The summed E-state index contributed by atoms with van der Waals surface area (Å²) in [4.78, 5) is 0. The second kappa shape index (κ2) is 6.17. The third-order valence-corrected chi connectivity index (χ3v) is 3.87. The summed E-state index contributed by atoms with van der Waals surface area (Å²) in [6.45, 7) is 0.253. The summed E-state index contributed by atoms with van der Waals surface area (Å²) in [5.74, 6) is 0. The average Bonchev–Trinajstić information content (AvgIpc) is 2.38. The van der Waals surface area contributed by atoms with Crippen molar-refractivity contribution < 1.29 is 5.11 Å². The Morgan fingerprint density at radius 2 is 1.78 bits per heavy atom. The van der Waals surface area contributed by atoms with E-state index < -0.39 is 5.60 Å². The highest BCUT2D eigenvalue weighted by atomic mass is 16.3. The van der Waals surface area contributed by atoms with Crippen LogP contribution in [0.15, 0.2) is 42.0 Å². The molecule has 3 N–H and O–H groups in total. The molecule has 0 heterocycles. The Morgan fingerprint density at radius 3 is 2.50 bits per heavy atom. The maximum atomic E-state index is 10.9. The van der Waals surface area contributed by atoms with Crippen molar-refractivity contribution in [1.82, 2.24) is 0 Å². The number of rotatable bonds is 3. The maximum Gasteiger partial charge on any atom is 0.123 e. The van der Waals surface area contributed by atoms with Crippen LogP contribution in [0.2, 0.25) is 0 Å². The Hall–Kier alpha value is -1.12. The standard InChI is InChI=1S/C16H23NO/c17-13-16(18,15-11-7-4-8-12-15)14-9-5-2-1-3-6-10-14/h4,7-9,11-12,18H,1-3,5-6,10,13,17H2/b14-9+. The SMILES string of the molecule is NCC(O)(/C1=C/CCCCCC1)c1ccccc1. The van der Waals surface area contributed by atoms with Gasteiger partial charge in [0.2, 0.25) is 0 Å². The van der Waals surface area contributed by atoms with E-state index in [-0.39, 0.29) is 6.54 Å². The molecule has 2 rings (SSSR count). The summed E-state index contributed by atoms with van der Waals surface area (Å²) in [7, 11) is 0. The van der Waals surface area contributed by atoms with E-state index in [0.29, 0.717) is 0 Å². The van der Waals surface area contributed by atoms with Gasteiger partial charge in [-0.1, -0.05) is 49.2 Å². The number of nitrogens with two attached hydrogens (primary N) is 1. The number of hydrogen-bond donors (Lipinski definition) is 2. The highest BCUT2D eigenvalue weighted by Crippen LogP contribution is 2.33. The first-order valence-corrected chi connectivity index (χ1v) is 6.95. The summed E-state index contributed by atoms with van der Waals surface area (Å²) >= 11 is 0. The predicted molar refractivity (Wildman–Crippen MR) is 75.2 cm³/mol. The molecule has 1 unspecified atom stereocenters. The predicted octanol–water partition coefficient (Wildman–Crippen LogP) is 3.11. The summed E-state index contributed by atoms with van der Waals surface area (Å²) in [6, 6.07) is 9.81. The van der Waals surface area contributed by atoms with E-state index in [4.69, 9.17) is 5.73 Å². The first kappa shape index (κ1) is 13.3. The normalized spacial score (nSPS) is 23.3. The van der Waals surface area contributed by atoms with Gasteiger partial charge in [0.05, 0.1) is 0 Å². The Balaban J connectivity index is 2.30. The van der Waals surface area contributed by atoms with Gasteiger partial charge < -0.3 is 10.8 Å². The summed E-state index contributed by atoms with van der Waals surface area (Å²) in [5, 5.41) is 10.9. The maximum absolute atomic E-state index is 10.9. The molecule has 1 aliphatic carbocycles. The van der Waals surface area contributed by atoms with Gasteiger partial charge in [-0.15, -0.1) is 0 Å². The molecule has 2 heteroatoms. The van der Waals surface area contributed by atoms with Gasteiger partial charge in [0, 0.05) is 6.54 Å². The van der Waals surface area contributed by atoms with Crippen LogP contribution < -0.4 is 5.73 Å². The molecule has 0 bridgehead atoms. The zero-order chi connectivity index (χ0) is 12.8. The van der Waals surface area contributed by atoms with Crippen LogP contribution in [0.5, 0.6) is 0 Å². The molecule has 1 aromatic rings. The molecule has 2 nitrogen and oxygen atoms in total. The molecule has 1 aliphatic rings. The van der Waals surface area contributed by atoms with Crippen molar-refractivity contribution in [1.29, 1.82) is 0 Å². The van der Waals surface area contributed by atoms with E-state index in [1.54, 1.807) is 0 Å². The van der Waals surface area contributed by atoms with E-state index in [1.165, 1.54) is 19.3 Å². The van der Waals surface area contributed by atoms with Gasteiger partial charge >= 0.3 is 0 Å². The molecule has 1 aromatic carbocycles. The van der Waals surface area contributed by atoms with Crippen LogP contribution in [0.1, 0.15) is 44.1 Å². The van der Waals surface area contributed by atoms with E-state index in [2.05, 4.69) is 6.08 Å². The van der Waals surface area contributed by atoms with Crippen LogP contribution in [-0.2, 0) is 5.60 Å². The summed E-state index contributed by atoms with van der Waals surface area (Å²) < 4.78 is 0. The molecule has 0 saturated carbocycles. The van der Waals surface area contributed by atoms with E-state index in [1.807, 2.05) is 30.3 Å². The van der Waals surface area contributed by atoms with Crippen molar-refractivity contribution >= 4 is 0 Å². The minimum Gasteiger partial charge on any atom is -0.379 e. The van der Waals surface area contributed by atoms with Gasteiger partial charge in [0.15, 0.2) is 0 Å². The number of benzene rings is 1. The zero-order valence-corrected chi connectivity index (χ0v) is 10.9. The van der Waals surface area contributed by atoms with E-state index >= 15 is 0 Å². The lowest BCUT2D eigenvalue weighted by atomic mass is 9.81. The molecular weight excluding hydrogens is 222 g/mol. The molecular formula is C16H23NO. The first-order valence-electron chi connectivity index (χ1n) is 6.95. The highest BCUT2D eigenvalue weighted by Gasteiger charge is 2.31.